The second-order valence-corrected chi connectivity index (χ2v) is 12.1. The van der Waals surface area contributed by atoms with Gasteiger partial charge < -0.3 is 4.74 Å². The number of rotatable bonds is 8. The molecular weight excluding hydrogens is 530 g/mol. The molecule has 2 fully saturated rings. The standard InChI is InChI=1S/C29H29ClF2N2O3S/c30-26-7-5-25(6-8-26)29(24-3-1-21(2-4-24)16-33-9-11-37-12-10-33)34-17-23(18-34)20-38(35,36)19-22-13-27(31)15-28(32)14-22/h1-8,13-15,20,29H,9-12,16-19H2. The van der Waals surface area contributed by atoms with E-state index < -0.39 is 27.2 Å². The molecule has 1 atom stereocenters. The van der Waals surface area contributed by atoms with Crippen molar-refractivity contribution in [1.29, 1.82) is 0 Å². The molecule has 5 nitrogen and oxygen atoms in total. The van der Waals surface area contributed by atoms with Gasteiger partial charge in [0, 0.05) is 49.2 Å². The van der Waals surface area contributed by atoms with Crippen LogP contribution in [-0.2, 0) is 26.9 Å². The van der Waals surface area contributed by atoms with Gasteiger partial charge in [0.1, 0.15) is 11.6 Å². The van der Waals surface area contributed by atoms with Gasteiger partial charge in [-0.15, -0.1) is 0 Å². The summed E-state index contributed by atoms with van der Waals surface area (Å²) in [6.45, 7) is 5.19. The highest BCUT2D eigenvalue weighted by molar-refractivity contribution is 7.93. The lowest BCUT2D eigenvalue weighted by Gasteiger charge is -2.41. The molecule has 200 valence electrons. The van der Waals surface area contributed by atoms with Gasteiger partial charge >= 0.3 is 0 Å². The third-order valence-electron chi connectivity index (χ3n) is 6.81. The summed E-state index contributed by atoms with van der Waals surface area (Å²) < 4.78 is 57.9. The average molecular weight is 559 g/mol. The molecule has 0 saturated carbocycles. The average Bonchev–Trinajstić information content (AvgIpc) is 2.84. The highest BCUT2D eigenvalue weighted by Gasteiger charge is 2.31. The zero-order valence-corrected chi connectivity index (χ0v) is 22.4. The quantitative estimate of drug-likeness (QED) is 0.373. The monoisotopic (exact) mass is 558 g/mol. The molecule has 2 heterocycles. The number of hydrogen-bond donors (Lipinski definition) is 0. The van der Waals surface area contributed by atoms with Crippen molar-refractivity contribution < 1.29 is 21.9 Å². The molecule has 1 unspecified atom stereocenters. The lowest BCUT2D eigenvalue weighted by Crippen LogP contribution is -2.43. The maximum Gasteiger partial charge on any atom is 0.175 e. The van der Waals surface area contributed by atoms with E-state index in [9.17, 15) is 17.2 Å². The number of nitrogens with zero attached hydrogens (tertiary/aromatic N) is 2. The number of sulfone groups is 1. The molecular formula is C29H29ClF2N2O3S. The van der Waals surface area contributed by atoms with Gasteiger partial charge in [0.2, 0.25) is 0 Å². The summed E-state index contributed by atoms with van der Waals surface area (Å²) in [4.78, 5) is 4.57. The van der Waals surface area contributed by atoms with Crippen molar-refractivity contribution >= 4 is 21.4 Å². The Morgan fingerprint density at radius 1 is 0.868 bits per heavy atom. The predicted molar refractivity (Wildman–Crippen MR) is 144 cm³/mol. The Kier molecular flexibility index (Phi) is 8.26. The minimum atomic E-state index is -3.69. The van der Waals surface area contributed by atoms with Crippen LogP contribution in [0.4, 0.5) is 8.78 Å². The molecule has 5 rings (SSSR count). The first kappa shape index (κ1) is 27.0. The number of ether oxygens (including phenoxy) is 1. The van der Waals surface area contributed by atoms with Crippen LogP contribution in [0, 0.1) is 11.6 Å². The molecule has 0 spiro atoms. The lowest BCUT2D eigenvalue weighted by atomic mass is 9.92. The minimum Gasteiger partial charge on any atom is -0.379 e. The molecule has 0 N–H and O–H groups in total. The van der Waals surface area contributed by atoms with E-state index in [1.54, 1.807) is 0 Å². The topological polar surface area (TPSA) is 49.9 Å². The molecule has 0 amide bonds. The van der Waals surface area contributed by atoms with Crippen molar-refractivity contribution in [2.24, 2.45) is 0 Å². The fraction of sp³-hybridized carbons (Fsp3) is 0.310. The van der Waals surface area contributed by atoms with E-state index in [0.29, 0.717) is 18.1 Å². The van der Waals surface area contributed by atoms with Crippen molar-refractivity contribution in [2.75, 3.05) is 39.4 Å². The molecule has 2 aliphatic heterocycles. The van der Waals surface area contributed by atoms with Gasteiger partial charge in [-0.05, 0) is 52.1 Å². The third-order valence-corrected chi connectivity index (χ3v) is 8.49. The molecule has 0 radical (unpaired) electrons. The normalized spacial score (nSPS) is 17.7. The maximum atomic E-state index is 13.5. The summed E-state index contributed by atoms with van der Waals surface area (Å²) in [5.41, 5.74) is 4.24. The van der Waals surface area contributed by atoms with Crippen LogP contribution in [0.1, 0.15) is 28.3 Å². The third kappa shape index (κ3) is 6.87. The second-order valence-electron chi connectivity index (χ2n) is 9.85. The molecule has 0 bridgehead atoms. The van der Waals surface area contributed by atoms with E-state index in [1.807, 2.05) is 24.3 Å². The van der Waals surface area contributed by atoms with E-state index in [0.717, 1.165) is 67.7 Å². The van der Waals surface area contributed by atoms with E-state index in [2.05, 4.69) is 34.1 Å². The van der Waals surface area contributed by atoms with Gasteiger partial charge in [-0.3, -0.25) is 9.80 Å². The van der Waals surface area contributed by atoms with Crippen molar-refractivity contribution in [1.82, 2.24) is 9.80 Å². The van der Waals surface area contributed by atoms with E-state index in [1.165, 1.54) is 11.0 Å². The Morgan fingerprint density at radius 3 is 2.05 bits per heavy atom. The van der Waals surface area contributed by atoms with Crippen molar-refractivity contribution in [3.8, 4) is 0 Å². The van der Waals surface area contributed by atoms with Crippen molar-refractivity contribution in [2.45, 2.75) is 18.3 Å². The molecule has 9 heteroatoms. The molecule has 2 aliphatic rings. The smallest absolute Gasteiger partial charge is 0.175 e. The van der Waals surface area contributed by atoms with Crippen LogP contribution >= 0.6 is 11.6 Å². The summed E-state index contributed by atoms with van der Waals surface area (Å²) in [5.74, 6) is -2.03. The number of morpholine rings is 1. The first-order valence-electron chi connectivity index (χ1n) is 12.5. The first-order valence-corrected chi connectivity index (χ1v) is 14.6. The van der Waals surface area contributed by atoms with Gasteiger partial charge in [0.25, 0.3) is 0 Å². The Hall–Kier alpha value is -2.62. The van der Waals surface area contributed by atoms with E-state index in [-0.39, 0.29) is 11.6 Å². The Bertz CT molecular complexity index is 1380. The summed E-state index contributed by atoms with van der Waals surface area (Å²) in [5, 5.41) is 1.90. The van der Waals surface area contributed by atoms with Crippen LogP contribution in [0.15, 0.2) is 77.7 Å². The van der Waals surface area contributed by atoms with Gasteiger partial charge in [-0.2, -0.15) is 0 Å². The fourth-order valence-corrected chi connectivity index (χ4v) is 6.53. The summed E-state index contributed by atoms with van der Waals surface area (Å²) in [7, 11) is -3.69. The van der Waals surface area contributed by atoms with E-state index in [4.69, 9.17) is 16.3 Å². The van der Waals surface area contributed by atoms with Gasteiger partial charge in [-0.1, -0.05) is 48.0 Å². The predicted octanol–water partition coefficient (Wildman–Crippen LogP) is 5.35. The van der Waals surface area contributed by atoms with Crippen molar-refractivity contribution in [3.05, 3.63) is 117 Å². The van der Waals surface area contributed by atoms with Crippen LogP contribution in [0.2, 0.25) is 5.02 Å². The van der Waals surface area contributed by atoms with E-state index >= 15 is 0 Å². The van der Waals surface area contributed by atoms with Crippen LogP contribution in [0.5, 0.6) is 0 Å². The number of hydrogen-bond acceptors (Lipinski definition) is 5. The maximum absolute atomic E-state index is 13.5. The fourth-order valence-electron chi connectivity index (χ4n) is 5.04. The summed E-state index contributed by atoms with van der Waals surface area (Å²) >= 11 is 6.14. The molecule has 3 aromatic carbocycles. The number of likely N-dealkylation sites (tertiary alicyclic amines) is 1. The van der Waals surface area contributed by atoms with Gasteiger partial charge in [0.05, 0.1) is 25.0 Å². The van der Waals surface area contributed by atoms with Crippen LogP contribution in [0.25, 0.3) is 0 Å². The Morgan fingerprint density at radius 2 is 1.45 bits per heavy atom. The van der Waals surface area contributed by atoms with Crippen LogP contribution in [-0.4, -0.2) is 57.6 Å². The number of benzene rings is 3. The molecule has 38 heavy (non-hydrogen) atoms. The molecule has 0 aliphatic carbocycles. The van der Waals surface area contributed by atoms with Crippen LogP contribution < -0.4 is 0 Å². The lowest BCUT2D eigenvalue weighted by molar-refractivity contribution is 0.0342. The second kappa shape index (κ2) is 11.6. The van der Waals surface area contributed by atoms with Gasteiger partial charge in [0.15, 0.2) is 9.84 Å². The SMILES string of the molecule is O=S(=O)(C=C1CN(C(c2ccc(Cl)cc2)c2ccc(CN3CCOCC3)cc2)C1)Cc1cc(F)cc(F)c1. The van der Waals surface area contributed by atoms with Crippen LogP contribution in [0.3, 0.4) is 0 Å². The highest BCUT2D eigenvalue weighted by Crippen LogP contribution is 2.35. The first-order chi connectivity index (χ1) is 18.2. The molecule has 0 aromatic heterocycles. The molecule has 2 saturated heterocycles. The minimum absolute atomic E-state index is 0.0677. The summed E-state index contributed by atoms with van der Waals surface area (Å²) in [6.07, 6.45) is 0. The largest absolute Gasteiger partial charge is 0.379 e. The summed E-state index contributed by atoms with van der Waals surface area (Å²) in [6, 6.07) is 19.0. The number of halogens is 3. The highest BCUT2D eigenvalue weighted by atomic mass is 35.5. The Labute approximate surface area is 227 Å². The Balaban J connectivity index is 1.31. The zero-order valence-electron chi connectivity index (χ0n) is 20.8. The zero-order chi connectivity index (χ0) is 26.7. The van der Waals surface area contributed by atoms with Gasteiger partial charge in [-0.25, -0.2) is 17.2 Å². The van der Waals surface area contributed by atoms with Crippen molar-refractivity contribution in [3.63, 3.8) is 0 Å². The molecule has 3 aromatic rings.